The molecule has 2 N–H and O–H groups in total. The number of aliphatic hydroxyl groups is 1. The molecule has 2 aromatic carbocycles. The van der Waals surface area contributed by atoms with E-state index in [-0.39, 0.29) is 0 Å². The van der Waals surface area contributed by atoms with Crippen LogP contribution in [0.15, 0.2) is 48.5 Å². The molecule has 0 amide bonds. The van der Waals surface area contributed by atoms with E-state index in [1.54, 1.807) is 0 Å². The minimum Gasteiger partial charge on any atom is -0.379 e. The van der Waals surface area contributed by atoms with Crippen molar-refractivity contribution < 1.29 is 5.11 Å². The van der Waals surface area contributed by atoms with E-state index in [1.807, 2.05) is 37.3 Å². The van der Waals surface area contributed by atoms with Gasteiger partial charge in [-0.1, -0.05) is 49.4 Å². The molecule has 2 aromatic rings. The maximum Gasteiger partial charge on any atom is 0.104 e. The van der Waals surface area contributed by atoms with Crippen LogP contribution < -0.4 is 5.32 Å². The molecule has 0 aromatic heterocycles. The number of aliphatic hydroxyl groups excluding tert-OH is 1. The highest BCUT2D eigenvalue weighted by molar-refractivity contribution is 5.63. The molecule has 0 fully saturated rings. The molecule has 1 unspecified atom stereocenters. The van der Waals surface area contributed by atoms with E-state index in [2.05, 4.69) is 29.6 Å². The molecule has 1 radical (unpaired) electrons. The number of rotatable bonds is 5. The number of nitrogens with one attached hydrogen (secondary N) is 1. The molecule has 0 bridgehead atoms. The van der Waals surface area contributed by atoms with Gasteiger partial charge >= 0.3 is 0 Å². The van der Waals surface area contributed by atoms with Gasteiger partial charge < -0.3 is 5.11 Å². The molecule has 1 atom stereocenters. The van der Waals surface area contributed by atoms with E-state index in [0.29, 0.717) is 13.0 Å². The Morgan fingerprint density at radius 3 is 2.67 bits per heavy atom. The van der Waals surface area contributed by atoms with E-state index in [9.17, 15) is 5.11 Å². The van der Waals surface area contributed by atoms with Gasteiger partial charge in [-0.3, -0.25) is 5.32 Å². The smallest absolute Gasteiger partial charge is 0.104 e. The van der Waals surface area contributed by atoms with Crippen LogP contribution in [0.3, 0.4) is 0 Å². The molecular formula is C16H18NO. The largest absolute Gasteiger partial charge is 0.379 e. The van der Waals surface area contributed by atoms with Crippen LogP contribution in [-0.4, -0.2) is 11.3 Å². The van der Waals surface area contributed by atoms with E-state index in [4.69, 9.17) is 0 Å². The van der Waals surface area contributed by atoms with E-state index in [0.717, 1.165) is 0 Å². The molecule has 0 aliphatic rings. The van der Waals surface area contributed by atoms with Crippen LogP contribution in [0.25, 0.3) is 11.1 Å². The summed E-state index contributed by atoms with van der Waals surface area (Å²) < 4.78 is 0. The maximum absolute atomic E-state index is 9.49. The second kappa shape index (κ2) is 6.34. The summed E-state index contributed by atoms with van der Waals surface area (Å²) in [6.45, 7) is 2.64. The van der Waals surface area contributed by atoms with Gasteiger partial charge in [0.15, 0.2) is 0 Å². The van der Waals surface area contributed by atoms with Gasteiger partial charge in [-0.05, 0) is 35.2 Å². The highest BCUT2D eigenvalue weighted by atomic mass is 16.3. The summed E-state index contributed by atoms with van der Waals surface area (Å²) in [6, 6.07) is 19.3. The zero-order chi connectivity index (χ0) is 12.8. The summed E-state index contributed by atoms with van der Waals surface area (Å²) in [7, 11) is 0. The van der Waals surface area contributed by atoms with Crippen molar-refractivity contribution >= 4 is 0 Å². The Balaban J connectivity index is 2.11. The SMILES string of the molecule is CCC(O)NCc1cccc(-c2cc[c]cc2)c1. The molecular weight excluding hydrogens is 222 g/mol. The van der Waals surface area contributed by atoms with Crippen molar-refractivity contribution in [3.05, 3.63) is 60.2 Å². The molecule has 0 spiro atoms. The number of benzene rings is 2. The maximum atomic E-state index is 9.49. The predicted molar refractivity (Wildman–Crippen MR) is 73.9 cm³/mol. The van der Waals surface area contributed by atoms with Crippen LogP contribution in [0.1, 0.15) is 18.9 Å². The molecule has 0 aliphatic heterocycles. The Labute approximate surface area is 108 Å². The van der Waals surface area contributed by atoms with Crippen molar-refractivity contribution in [1.82, 2.24) is 5.32 Å². The highest BCUT2D eigenvalue weighted by Crippen LogP contribution is 2.19. The molecule has 0 saturated heterocycles. The lowest BCUT2D eigenvalue weighted by molar-refractivity contribution is 0.131. The van der Waals surface area contributed by atoms with Crippen molar-refractivity contribution in [2.45, 2.75) is 26.1 Å². The van der Waals surface area contributed by atoms with Gasteiger partial charge in [0, 0.05) is 6.54 Å². The van der Waals surface area contributed by atoms with Gasteiger partial charge in [-0.15, -0.1) is 0 Å². The van der Waals surface area contributed by atoms with E-state index in [1.165, 1.54) is 16.7 Å². The summed E-state index contributed by atoms with van der Waals surface area (Å²) in [5, 5.41) is 12.6. The van der Waals surface area contributed by atoms with Crippen LogP contribution in [0.2, 0.25) is 0 Å². The number of hydrogen-bond acceptors (Lipinski definition) is 2. The van der Waals surface area contributed by atoms with Crippen molar-refractivity contribution in [1.29, 1.82) is 0 Å². The lowest BCUT2D eigenvalue weighted by Gasteiger charge is -2.11. The third-order valence-electron chi connectivity index (χ3n) is 2.91. The van der Waals surface area contributed by atoms with Crippen LogP contribution in [-0.2, 0) is 6.54 Å². The fourth-order valence-corrected chi connectivity index (χ4v) is 1.82. The zero-order valence-corrected chi connectivity index (χ0v) is 10.6. The second-order valence-electron chi connectivity index (χ2n) is 4.29. The summed E-state index contributed by atoms with van der Waals surface area (Å²) in [5.41, 5.74) is 3.55. The highest BCUT2D eigenvalue weighted by Gasteiger charge is 2.01. The van der Waals surface area contributed by atoms with E-state index >= 15 is 0 Å². The minimum atomic E-state index is -0.431. The summed E-state index contributed by atoms with van der Waals surface area (Å²) in [4.78, 5) is 0. The topological polar surface area (TPSA) is 32.3 Å². The lowest BCUT2D eigenvalue weighted by atomic mass is 10.0. The first-order chi connectivity index (χ1) is 8.79. The standard InChI is InChI=1S/C16H18NO/c1-2-16(18)17-12-13-7-6-10-15(11-13)14-8-4-3-5-9-14/h4-11,16-18H,2,12H2,1H3. The van der Waals surface area contributed by atoms with Gasteiger partial charge in [0.2, 0.25) is 0 Å². The summed E-state index contributed by atoms with van der Waals surface area (Å²) in [6.07, 6.45) is 0.286. The van der Waals surface area contributed by atoms with Crippen LogP contribution in [0.4, 0.5) is 0 Å². The van der Waals surface area contributed by atoms with Gasteiger partial charge in [-0.2, -0.15) is 0 Å². The second-order valence-corrected chi connectivity index (χ2v) is 4.29. The third-order valence-corrected chi connectivity index (χ3v) is 2.91. The van der Waals surface area contributed by atoms with Crippen molar-refractivity contribution in [3.8, 4) is 11.1 Å². The fraction of sp³-hybridized carbons (Fsp3) is 0.250. The quantitative estimate of drug-likeness (QED) is 0.787. The molecule has 0 aliphatic carbocycles. The van der Waals surface area contributed by atoms with Crippen LogP contribution in [0, 0.1) is 6.07 Å². The molecule has 18 heavy (non-hydrogen) atoms. The van der Waals surface area contributed by atoms with Crippen molar-refractivity contribution in [2.75, 3.05) is 0 Å². The van der Waals surface area contributed by atoms with Crippen LogP contribution >= 0.6 is 0 Å². The van der Waals surface area contributed by atoms with Gasteiger partial charge in [0.25, 0.3) is 0 Å². The van der Waals surface area contributed by atoms with Gasteiger partial charge in [0.1, 0.15) is 6.23 Å². The Morgan fingerprint density at radius 2 is 1.94 bits per heavy atom. The molecule has 2 rings (SSSR count). The molecule has 2 heteroatoms. The van der Waals surface area contributed by atoms with E-state index < -0.39 is 6.23 Å². The molecule has 0 saturated carbocycles. The summed E-state index contributed by atoms with van der Waals surface area (Å²) in [5.74, 6) is 0. The monoisotopic (exact) mass is 240 g/mol. The molecule has 0 heterocycles. The van der Waals surface area contributed by atoms with Crippen LogP contribution in [0.5, 0.6) is 0 Å². The first kappa shape index (κ1) is 12.8. The Morgan fingerprint density at radius 1 is 1.17 bits per heavy atom. The average Bonchev–Trinajstić information content (AvgIpc) is 2.46. The van der Waals surface area contributed by atoms with Gasteiger partial charge in [-0.25, -0.2) is 0 Å². The van der Waals surface area contributed by atoms with Crippen molar-refractivity contribution in [2.24, 2.45) is 0 Å². The fourth-order valence-electron chi connectivity index (χ4n) is 1.82. The Kier molecular flexibility index (Phi) is 4.51. The lowest BCUT2D eigenvalue weighted by Crippen LogP contribution is -2.27. The Hall–Kier alpha value is -1.64. The van der Waals surface area contributed by atoms with Gasteiger partial charge in [0.05, 0.1) is 0 Å². The zero-order valence-electron chi connectivity index (χ0n) is 10.6. The first-order valence-electron chi connectivity index (χ1n) is 6.26. The summed E-state index contributed by atoms with van der Waals surface area (Å²) >= 11 is 0. The normalized spacial score (nSPS) is 12.3. The van der Waals surface area contributed by atoms with Crippen molar-refractivity contribution in [3.63, 3.8) is 0 Å². The first-order valence-corrected chi connectivity index (χ1v) is 6.26. The molecule has 2 nitrogen and oxygen atoms in total. The third kappa shape index (κ3) is 3.42. The predicted octanol–water partition coefficient (Wildman–Crippen LogP) is 2.97. The minimum absolute atomic E-state index is 0.431. The number of hydrogen-bond donors (Lipinski definition) is 2. The molecule has 93 valence electrons. The Bertz CT molecular complexity index is 481. The average molecular weight is 240 g/mol.